The van der Waals surface area contributed by atoms with Crippen molar-refractivity contribution in [2.75, 3.05) is 18.4 Å². The number of aromatic nitrogens is 4. The van der Waals surface area contributed by atoms with Gasteiger partial charge < -0.3 is 5.32 Å². The number of hydrogen-bond acceptors (Lipinski definition) is 5. The number of fused-ring (bicyclic) bond motifs is 1. The summed E-state index contributed by atoms with van der Waals surface area (Å²) in [5.74, 6) is -0.734. The number of anilines is 1. The van der Waals surface area contributed by atoms with Crippen LogP contribution >= 0.6 is 0 Å². The van der Waals surface area contributed by atoms with Gasteiger partial charge in [0.05, 0.1) is 0 Å². The summed E-state index contributed by atoms with van der Waals surface area (Å²) in [6.45, 7) is 2.59. The lowest BCUT2D eigenvalue weighted by atomic mass is 10.2. The normalized spacial score (nSPS) is 18.5. The molecule has 6 nitrogen and oxygen atoms in total. The van der Waals surface area contributed by atoms with Gasteiger partial charge in [0, 0.05) is 25.7 Å². The third-order valence-corrected chi connectivity index (χ3v) is 4.39. The molecule has 0 radical (unpaired) electrons. The van der Waals surface area contributed by atoms with Gasteiger partial charge in [0.2, 0.25) is 0 Å². The van der Waals surface area contributed by atoms with E-state index in [1.807, 2.05) is 18.2 Å². The molecule has 4 rings (SSSR count). The maximum atomic E-state index is 13.0. The minimum Gasteiger partial charge on any atom is -0.365 e. The Kier molecular flexibility index (Phi) is 4.23. The van der Waals surface area contributed by atoms with Crippen molar-refractivity contribution in [3.63, 3.8) is 0 Å². The van der Waals surface area contributed by atoms with Crippen molar-refractivity contribution < 1.29 is 13.2 Å². The minimum atomic E-state index is -4.59. The molecule has 1 N–H and O–H groups in total. The molecule has 2 aromatic heterocycles. The van der Waals surface area contributed by atoms with Gasteiger partial charge in [-0.15, -0.1) is 15.3 Å². The Balaban J connectivity index is 1.44. The molecule has 26 heavy (non-hydrogen) atoms. The predicted molar refractivity (Wildman–Crippen MR) is 89.5 cm³/mol. The van der Waals surface area contributed by atoms with Crippen LogP contribution in [0.3, 0.4) is 0 Å². The molecule has 0 unspecified atom stereocenters. The molecule has 136 valence electrons. The summed E-state index contributed by atoms with van der Waals surface area (Å²) >= 11 is 0. The first-order chi connectivity index (χ1) is 12.5. The highest BCUT2D eigenvalue weighted by atomic mass is 19.4. The maximum Gasteiger partial charge on any atom is 0.453 e. The molecule has 0 saturated carbocycles. The quantitative estimate of drug-likeness (QED) is 0.773. The second-order valence-corrected chi connectivity index (χ2v) is 6.36. The van der Waals surface area contributed by atoms with Crippen molar-refractivity contribution in [2.45, 2.75) is 25.2 Å². The second kappa shape index (κ2) is 6.56. The van der Waals surface area contributed by atoms with Gasteiger partial charge in [0.25, 0.3) is 5.82 Å². The van der Waals surface area contributed by atoms with Crippen LogP contribution in [0.15, 0.2) is 42.5 Å². The number of likely N-dealkylation sites (tertiary alicyclic amines) is 1. The van der Waals surface area contributed by atoms with Crippen LogP contribution in [0.25, 0.3) is 5.65 Å². The van der Waals surface area contributed by atoms with E-state index in [9.17, 15) is 13.2 Å². The first kappa shape index (κ1) is 16.8. The zero-order valence-corrected chi connectivity index (χ0v) is 13.8. The van der Waals surface area contributed by atoms with E-state index in [-0.39, 0.29) is 11.7 Å². The number of alkyl halides is 3. The van der Waals surface area contributed by atoms with Crippen LogP contribution < -0.4 is 5.32 Å². The molecule has 0 amide bonds. The fraction of sp³-hybridized carbons (Fsp3) is 0.353. The van der Waals surface area contributed by atoms with Crippen LogP contribution in [0.2, 0.25) is 0 Å². The van der Waals surface area contributed by atoms with Gasteiger partial charge >= 0.3 is 6.18 Å². The molecular weight excluding hydrogens is 345 g/mol. The number of hydrogen-bond donors (Lipinski definition) is 1. The van der Waals surface area contributed by atoms with E-state index < -0.39 is 12.0 Å². The largest absolute Gasteiger partial charge is 0.453 e. The lowest BCUT2D eigenvalue weighted by molar-refractivity contribution is -0.146. The van der Waals surface area contributed by atoms with E-state index in [1.165, 1.54) is 11.6 Å². The Hall–Kier alpha value is -2.68. The van der Waals surface area contributed by atoms with E-state index in [0.717, 1.165) is 30.6 Å². The summed E-state index contributed by atoms with van der Waals surface area (Å²) in [4.78, 5) is 2.31. The summed E-state index contributed by atoms with van der Waals surface area (Å²) in [6, 6.07) is 13.4. The molecule has 9 heteroatoms. The van der Waals surface area contributed by atoms with Crippen molar-refractivity contribution in [3.8, 4) is 0 Å². The fourth-order valence-corrected chi connectivity index (χ4v) is 3.19. The first-order valence-corrected chi connectivity index (χ1v) is 8.31. The highest BCUT2D eigenvalue weighted by molar-refractivity contribution is 5.44. The van der Waals surface area contributed by atoms with Crippen LogP contribution in [0.5, 0.6) is 0 Å². The van der Waals surface area contributed by atoms with Crippen LogP contribution in [0.4, 0.5) is 19.0 Å². The molecule has 3 heterocycles. The van der Waals surface area contributed by atoms with Gasteiger partial charge in [-0.2, -0.15) is 17.7 Å². The summed E-state index contributed by atoms with van der Waals surface area (Å²) in [5.41, 5.74) is 1.31. The van der Waals surface area contributed by atoms with E-state index in [4.69, 9.17) is 0 Å². The highest BCUT2D eigenvalue weighted by Crippen LogP contribution is 2.27. The number of nitrogens with one attached hydrogen (secondary N) is 1. The van der Waals surface area contributed by atoms with Gasteiger partial charge in [0.15, 0.2) is 5.65 Å². The number of nitrogens with zero attached hydrogens (tertiary/aromatic N) is 5. The van der Waals surface area contributed by atoms with Crippen LogP contribution in [-0.4, -0.2) is 43.8 Å². The predicted octanol–water partition coefficient (Wildman–Crippen LogP) is 2.83. The second-order valence-electron chi connectivity index (χ2n) is 6.36. The van der Waals surface area contributed by atoms with Gasteiger partial charge in [-0.05, 0) is 24.1 Å². The van der Waals surface area contributed by atoms with Gasteiger partial charge in [-0.1, -0.05) is 30.3 Å². The topological polar surface area (TPSA) is 58.4 Å². The molecule has 0 spiro atoms. The summed E-state index contributed by atoms with van der Waals surface area (Å²) in [7, 11) is 0. The van der Waals surface area contributed by atoms with Gasteiger partial charge in [-0.25, -0.2) is 0 Å². The number of benzene rings is 1. The van der Waals surface area contributed by atoms with Crippen molar-refractivity contribution in [1.82, 2.24) is 24.7 Å². The van der Waals surface area contributed by atoms with Crippen molar-refractivity contribution in [3.05, 3.63) is 53.9 Å². The SMILES string of the molecule is FC(F)(F)c1nnc2ccc(N[C@@H]3CCN(Cc4ccccc4)C3)nn12. The van der Waals surface area contributed by atoms with Gasteiger partial charge in [-0.3, -0.25) is 4.90 Å². The first-order valence-electron chi connectivity index (χ1n) is 8.31. The lowest BCUT2D eigenvalue weighted by Crippen LogP contribution is -2.26. The van der Waals surface area contributed by atoms with E-state index in [0.29, 0.717) is 5.82 Å². The average molecular weight is 362 g/mol. The monoisotopic (exact) mass is 362 g/mol. The Morgan fingerprint density at radius 1 is 1.08 bits per heavy atom. The highest BCUT2D eigenvalue weighted by Gasteiger charge is 2.37. The zero-order chi connectivity index (χ0) is 18.1. The van der Waals surface area contributed by atoms with Crippen molar-refractivity contribution in [2.24, 2.45) is 0 Å². The molecule has 1 aliphatic heterocycles. The molecule has 1 saturated heterocycles. The average Bonchev–Trinajstić information content (AvgIpc) is 3.22. The smallest absolute Gasteiger partial charge is 0.365 e. The Morgan fingerprint density at radius 2 is 1.88 bits per heavy atom. The zero-order valence-electron chi connectivity index (χ0n) is 13.8. The van der Waals surface area contributed by atoms with Crippen LogP contribution in [0, 0.1) is 0 Å². The van der Waals surface area contributed by atoms with E-state index >= 15 is 0 Å². The third kappa shape index (κ3) is 3.48. The fourth-order valence-electron chi connectivity index (χ4n) is 3.19. The lowest BCUT2D eigenvalue weighted by Gasteiger charge is -2.17. The van der Waals surface area contributed by atoms with Crippen molar-refractivity contribution >= 4 is 11.5 Å². The van der Waals surface area contributed by atoms with E-state index in [1.54, 1.807) is 6.07 Å². The van der Waals surface area contributed by atoms with Crippen molar-refractivity contribution in [1.29, 1.82) is 0 Å². The van der Waals surface area contributed by atoms with Gasteiger partial charge in [0.1, 0.15) is 5.82 Å². The molecule has 3 aromatic rings. The van der Waals surface area contributed by atoms with E-state index in [2.05, 4.69) is 37.6 Å². The molecule has 1 aliphatic rings. The standard InChI is InChI=1S/C17H17F3N6/c18-17(19,20)16-23-22-15-7-6-14(24-26(15)16)21-13-8-9-25(11-13)10-12-4-2-1-3-5-12/h1-7,13H,8-11H2,(H,21,24)/t13-/m1/s1. The minimum absolute atomic E-state index is 0.0694. The molecule has 0 aliphatic carbocycles. The molecule has 1 aromatic carbocycles. The molecule has 1 fully saturated rings. The number of halogens is 3. The Morgan fingerprint density at radius 3 is 2.65 bits per heavy atom. The third-order valence-electron chi connectivity index (χ3n) is 4.39. The number of rotatable bonds is 4. The maximum absolute atomic E-state index is 13.0. The summed E-state index contributed by atoms with van der Waals surface area (Å²) < 4.78 is 39.6. The Labute approximate surface area is 147 Å². The molecular formula is C17H17F3N6. The molecule has 1 atom stereocenters. The Bertz CT molecular complexity index is 892. The molecule has 0 bridgehead atoms. The summed E-state index contributed by atoms with van der Waals surface area (Å²) in [6.07, 6.45) is -3.69. The van der Waals surface area contributed by atoms with Crippen LogP contribution in [-0.2, 0) is 12.7 Å². The summed E-state index contributed by atoms with van der Waals surface area (Å²) in [5, 5.41) is 13.9. The van der Waals surface area contributed by atoms with Crippen LogP contribution in [0.1, 0.15) is 17.8 Å².